The molecular weight excluding hydrogens is 256 g/mol. The van der Waals surface area contributed by atoms with Gasteiger partial charge in [-0.3, -0.25) is 14.5 Å². The molecule has 7 heteroatoms. The van der Waals surface area contributed by atoms with Gasteiger partial charge in [0.1, 0.15) is 5.54 Å². The van der Waals surface area contributed by atoms with Crippen LogP contribution in [-0.2, 0) is 14.3 Å². The van der Waals surface area contributed by atoms with Gasteiger partial charge in [-0.1, -0.05) is 0 Å². The van der Waals surface area contributed by atoms with Crippen LogP contribution >= 0.6 is 11.8 Å². The number of carbonyl (C=O) groups is 3. The minimum atomic E-state index is -0.838. The molecule has 0 spiro atoms. The van der Waals surface area contributed by atoms with Gasteiger partial charge in [-0.2, -0.15) is 0 Å². The number of amides is 3. The van der Waals surface area contributed by atoms with Crippen molar-refractivity contribution in [2.45, 2.75) is 31.6 Å². The second-order valence-corrected chi connectivity index (χ2v) is 6.00. The normalized spacial score (nSPS) is 19.7. The molecule has 0 saturated carbocycles. The van der Waals surface area contributed by atoms with E-state index in [1.807, 2.05) is 0 Å². The van der Waals surface area contributed by atoms with E-state index in [0.717, 1.165) is 0 Å². The third kappa shape index (κ3) is 3.16. The van der Waals surface area contributed by atoms with Gasteiger partial charge in [-0.15, -0.1) is 11.8 Å². The molecule has 1 atom stereocenters. The Morgan fingerprint density at radius 2 is 2.11 bits per heavy atom. The molecule has 0 unspecified atom stereocenters. The molecule has 1 saturated heterocycles. The number of imide groups is 1. The average molecular weight is 274 g/mol. The van der Waals surface area contributed by atoms with Crippen LogP contribution in [0.5, 0.6) is 0 Å². The monoisotopic (exact) mass is 274 g/mol. The SMILES string of the molecule is COC(=O)[C@H](C)SCCN1C(=O)NC(C)(C)C1=O. The standard InChI is InChI=1S/C11H18N2O4S/c1-7(8(14)17-4)18-6-5-13-9(15)11(2,3)12-10(13)16/h7H,5-6H2,1-4H3,(H,12,16)/t7-/m0/s1. The molecule has 1 aliphatic rings. The molecule has 0 aliphatic carbocycles. The van der Waals surface area contributed by atoms with Crippen LogP contribution in [0, 0.1) is 0 Å². The Kier molecular flexibility index (Phi) is 4.61. The number of nitrogens with one attached hydrogen (secondary N) is 1. The summed E-state index contributed by atoms with van der Waals surface area (Å²) >= 11 is 1.35. The van der Waals surface area contributed by atoms with E-state index < -0.39 is 5.54 Å². The number of hydrogen-bond donors (Lipinski definition) is 1. The Hall–Kier alpha value is -1.24. The maximum absolute atomic E-state index is 11.8. The number of methoxy groups -OCH3 is 1. The van der Waals surface area contributed by atoms with Crippen LogP contribution in [0.4, 0.5) is 4.79 Å². The summed E-state index contributed by atoms with van der Waals surface area (Å²) in [6, 6.07) is -0.378. The predicted octanol–water partition coefficient (Wildman–Crippen LogP) is 0.611. The number of carbonyl (C=O) groups excluding carboxylic acids is 3. The van der Waals surface area contributed by atoms with Crippen LogP contribution < -0.4 is 5.32 Å². The minimum Gasteiger partial charge on any atom is -0.468 e. The predicted molar refractivity (Wildman–Crippen MR) is 68.3 cm³/mol. The summed E-state index contributed by atoms with van der Waals surface area (Å²) in [5.74, 6) is -0.0396. The molecule has 1 rings (SSSR count). The summed E-state index contributed by atoms with van der Waals surface area (Å²) in [6.45, 7) is 5.35. The van der Waals surface area contributed by atoms with Crippen LogP contribution in [0.15, 0.2) is 0 Å². The zero-order valence-electron chi connectivity index (χ0n) is 11.0. The molecule has 1 aliphatic heterocycles. The first kappa shape index (κ1) is 14.8. The van der Waals surface area contributed by atoms with Crippen molar-refractivity contribution in [3.05, 3.63) is 0 Å². The minimum absolute atomic E-state index is 0.237. The van der Waals surface area contributed by atoms with E-state index in [-0.39, 0.29) is 23.2 Å². The lowest BCUT2D eigenvalue weighted by molar-refractivity contribution is -0.139. The third-order valence-corrected chi connectivity index (χ3v) is 3.77. The van der Waals surface area contributed by atoms with Gasteiger partial charge in [0, 0.05) is 12.3 Å². The van der Waals surface area contributed by atoms with Crippen molar-refractivity contribution in [2.75, 3.05) is 19.4 Å². The highest BCUT2D eigenvalue weighted by Crippen LogP contribution is 2.18. The van der Waals surface area contributed by atoms with Gasteiger partial charge >= 0.3 is 12.0 Å². The first-order chi connectivity index (χ1) is 8.29. The molecule has 0 radical (unpaired) electrons. The Morgan fingerprint density at radius 3 is 2.56 bits per heavy atom. The molecule has 0 aromatic heterocycles. The quantitative estimate of drug-likeness (QED) is 0.587. The fourth-order valence-corrected chi connectivity index (χ4v) is 2.45. The van der Waals surface area contributed by atoms with Crippen molar-refractivity contribution in [3.8, 4) is 0 Å². The maximum Gasteiger partial charge on any atom is 0.325 e. The van der Waals surface area contributed by atoms with E-state index in [0.29, 0.717) is 12.3 Å². The number of esters is 1. The molecule has 102 valence electrons. The zero-order chi connectivity index (χ0) is 13.9. The van der Waals surface area contributed by atoms with E-state index in [4.69, 9.17) is 0 Å². The van der Waals surface area contributed by atoms with Gasteiger partial charge in [-0.05, 0) is 20.8 Å². The highest BCUT2D eigenvalue weighted by Gasteiger charge is 2.43. The number of nitrogens with zero attached hydrogens (tertiary/aromatic N) is 1. The first-order valence-electron chi connectivity index (χ1n) is 5.63. The van der Waals surface area contributed by atoms with Gasteiger partial charge in [0.05, 0.1) is 12.4 Å². The summed E-state index contributed by atoms with van der Waals surface area (Å²) in [5, 5.41) is 2.30. The van der Waals surface area contributed by atoms with Gasteiger partial charge < -0.3 is 10.1 Å². The summed E-state index contributed by atoms with van der Waals surface area (Å²) in [6.07, 6.45) is 0. The maximum atomic E-state index is 11.8. The molecule has 1 heterocycles. The topological polar surface area (TPSA) is 75.7 Å². The molecule has 0 bridgehead atoms. The third-order valence-electron chi connectivity index (χ3n) is 2.66. The van der Waals surface area contributed by atoms with Crippen LogP contribution in [0.3, 0.4) is 0 Å². The summed E-state index contributed by atoms with van der Waals surface area (Å²) < 4.78 is 4.59. The van der Waals surface area contributed by atoms with E-state index >= 15 is 0 Å². The lowest BCUT2D eigenvalue weighted by Crippen LogP contribution is -2.40. The number of ether oxygens (including phenoxy) is 1. The van der Waals surface area contributed by atoms with E-state index in [1.165, 1.54) is 23.8 Å². The van der Waals surface area contributed by atoms with Crippen molar-refractivity contribution in [3.63, 3.8) is 0 Å². The van der Waals surface area contributed by atoms with Crippen LogP contribution in [0.25, 0.3) is 0 Å². The molecule has 6 nitrogen and oxygen atoms in total. The first-order valence-corrected chi connectivity index (χ1v) is 6.68. The van der Waals surface area contributed by atoms with Crippen LogP contribution in [-0.4, -0.2) is 53.0 Å². The Labute approximate surface area is 110 Å². The molecular formula is C11H18N2O4S. The second kappa shape index (κ2) is 5.60. The lowest BCUT2D eigenvalue weighted by atomic mass is 10.1. The number of hydrogen-bond acceptors (Lipinski definition) is 5. The van der Waals surface area contributed by atoms with Crippen molar-refractivity contribution >= 4 is 29.7 Å². The summed E-state index contributed by atoms with van der Waals surface area (Å²) in [7, 11) is 1.33. The fraction of sp³-hybridized carbons (Fsp3) is 0.727. The van der Waals surface area contributed by atoms with Gasteiger partial charge in [0.15, 0.2) is 0 Å². The van der Waals surface area contributed by atoms with Gasteiger partial charge in [0.2, 0.25) is 0 Å². The fourth-order valence-electron chi connectivity index (χ4n) is 1.58. The largest absolute Gasteiger partial charge is 0.468 e. The van der Waals surface area contributed by atoms with Crippen molar-refractivity contribution in [2.24, 2.45) is 0 Å². The smallest absolute Gasteiger partial charge is 0.325 e. The summed E-state index contributed by atoms with van der Waals surface area (Å²) in [4.78, 5) is 35.7. The lowest BCUT2D eigenvalue weighted by Gasteiger charge is -2.16. The summed E-state index contributed by atoms with van der Waals surface area (Å²) in [5.41, 5.74) is -0.838. The molecule has 0 aromatic carbocycles. The average Bonchev–Trinajstić information content (AvgIpc) is 2.49. The highest BCUT2D eigenvalue weighted by atomic mass is 32.2. The van der Waals surface area contributed by atoms with E-state index in [1.54, 1.807) is 20.8 Å². The van der Waals surface area contributed by atoms with Crippen LogP contribution in [0.2, 0.25) is 0 Å². The van der Waals surface area contributed by atoms with E-state index in [2.05, 4.69) is 10.1 Å². The number of rotatable bonds is 5. The molecule has 18 heavy (non-hydrogen) atoms. The second-order valence-electron chi connectivity index (χ2n) is 4.55. The van der Waals surface area contributed by atoms with Gasteiger partial charge in [0.25, 0.3) is 5.91 Å². The van der Waals surface area contributed by atoms with Crippen molar-refractivity contribution in [1.82, 2.24) is 10.2 Å². The van der Waals surface area contributed by atoms with Gasteiger partial charge in [-0.25, -0.2) is 4.79 Å². The van der Waals surface area contributed by atoms with E-state index in [9.17, 15) is 14.4 Å². The number of thioether (sulfide) groups is 1. The number of urea groups is 1. The molecule has 1 N–H and O–H groups in total. The van der Waals surface area contributed by atoms with Crippen LogP contribution in [0.1, 0.15) is 20.8 Å². The molecule has 0 aromatic rings. The van der Waals surface area contributed by atoms with Crippen molar-refractivity contribution < 1.29 is 19.1 Å². The Morgan fingerprint density at radius 1 is 1.50 bits per heavy atom. The highest BCUT2D eigenvalue weighted by molar-refractivity contribution is 8.00. The van der Waals surface area contributed by atoms with Crippen molar-refractivity contribution in [1.29, 1.82) is 0 Å². The molecule has 3 amide bonds. The Bertz CT molecular complexity index is 370. The Balaban J connectivity index is 2.43. The molecule has 1 fully saturated rings. The zero-order valence-corrected chi connectivity index (χ0v) is 11.8.